The van der Waals surface area contributed by atoms with E-state index < -0.39 is 5.92 Å². The van der Waals surface area contributed by atoms with Gasteiger partial charge in [-0.25, -0.2) is 9.97 Å². The fraction of sp³-hybridized carbons (Fsp3) is 0.100. The molecule has 0 radical (unpaired) electrons. The Bertz CT molecular complexity index is 1460. The Kier molecular flexibility index (Phi) is 6.94. The number of hydrazine groups is 1. The van der Waals surface area contributed by atoms with Gasteiger partial charge in [-0.1, -0.05) is 97.1 Å². The molecule has 0 saturated heterocycles. The smallest absolute Gasteiger partial charge is 0.250 e. The highest BCUT2D eigenvalue weighted by molar-refractivity contribution is 5.97. The molecule has 5 rings (SSSR count). The zero-order valence-corrected chi connectivity index (χ0v) is 20.5. The lowest BCUT2D eigenvalue weighted by Crippen LogP contribution is -2.35. The zero-order chi connectivity index (χ0) is 25.6. The Hall–Kier alpha value is -4.91. The molecule has 0 unspecified atom stereocenters. The molecule has 4 aromatic carbocycles. The van der Waals surface area contributed by atoms with E-state index in [9.17, 15) is 4.79 Å². The summed E-state index contributed by atoms with van der Waals surface area (Å²) in [4.78, 5) is 24.2. The van der Waals surface area contributed by atoms with Crippen molar-refractivity contribution in [3.8, 4) is 0 Å². The van der Waals surface area contributed by atoms with Gasteiger partial charge in [0, 0.05) is 11.9 Å². The van der Waals surface area contributed by atoms with E-state index in [-0.39, 0.29) is 5.91 Å². The van der Waals surface area contributed by atoms with Crippen LogP contribution < -0.4 is 21.5 Å². The summed E-state index contributed by atoms with van der Waals surface area (Å²) >= 11 is 0. The first-order valence-corrected chi connectivity index (χ1v) is 12.2. The van der Waals surface area contributed by atoms with Crippen molar-refractivity contribution >= 4 is 39.7 Å². The van der Waals surface area contributed by atoms with E-state index in [0.717, 1.165) is 27.6 Å². The zero-order valence-electron chi connectivity index (χ0n) is 20.5. The van der Waals surface area contributed by atoms with Gasteiger partial charge in [0.05, 0.1) is 11.6 Å². The van der Waals surface area contributed by atoms with Crippen LogP contribution in [0.3, 0.4) is 0 Å². The maximum absolute atomic E-state index is 13.4. The SMILES string of the molecule is CCN(c1ncnc(NNC(=O)C(c2ccccc2)c2ccccc2)c1N)c1cccc2ccccc12. The molecule has 1 aromatic heterocycles. The highest BCUT2D eigenvalue weighted by Gasteiger charge is 2.23. The number of hydrogen-bond acceptors (Lipinski definition) is 6. The van der Waals surface area contributed by atoms with E-state index in [0.29, 0.717) is 23.9 Å². The largest absolute Gasteiger partial charge is 0.393 e. The molecule has 0 atom stereocenters. The molecule has 0 spiro atoms. The second-order valence-electron chi connectivity index (χ2n) is 8.57. The molecule has 0 bridgehead atoms. The Labute approximate surface area is 216 Å². The lowest BCUT2D eigenvalue weighted by molar-refractivity contribution is -0.121. The number of rotatable bonds is 8. The van der Waals surface area contributed by atoms with Gasteiger partial charge in [0.1, 0.15) is 12.0 Å². The number of benzene rings is 4. The summed E-state index contributed by atoms with van der Waals surface area (Å²) in [7, 11) is 0. The Morgan fingerprint density at radius 1 is 0.838 bits per heavy atom. The third-order valence-corrected chi connectivity index (χ3v) is 6.32. The quantitative estimate of drug-likeness (QED) is 0.245. The second kappa shape index (κ2) is 10.8. The summed E-state index contributed by atoms with van der Waals surface area (Å²) in [6.07, 6.45) is 1.44. The molecular weight excluding hydrogens is 460 g/mol. The number of amides is 1. The van der Waals surface area contributed by atoms with Crippen molar-refractivity contribution in [2.24, 2.45) is 0 Å². The normalized spacial score (nSPS) is 10.9. The molecule has 0 aliphatic rings. The average Bonchev–Trinajstić information content (AvgIpc) is 2.95. The highest BCUT2D eigenvalue weighted by Crippen LogP contribution is 2.35. The molecule has 1 amide bonds. The van der Waals surface area contributed by atoms with E-state index in [1.165, 1.54) is 6.33 Å². The molecule has 7 heteroatoms. The van der Waals surface area contributed by atoms with Crippen molar-refractivity contribution in [1.82, 2.24) is 15.4 Å². The first-order chi connectivity index (χ1) is 18.2. The number of nitrogens with two attached hydrogens (primary N) is 1. The fourth-order valence-corrected chi connectivity index (χ4v) is 4.56. The molecule has 4 N–H and O–H groups in total. The maximum Gasteiger partial charge on any atom is 0.250 e. The van der Waals surface area contributed by atoms with Crippen molar-refractivity contribution in [2.75, 3.05) is 22.6 Å². The molecule has 0 aliphatic carbocycles. The lowest BCUT2D eigenvalue weighted by atomic mass is 9.91. The van der Waals surface area contributed by atoms with Gasteiger partial charge in [-0.3, -0.25) is 15.6 Å². The molecule has 184 valence electrons. The first-order valence-electron chi connectivity index (χ1n) is 12.2. The molecule has 7 nitrogen and oxygen atoms in total. The number of aromatic nitrogens is 2. The molecule has 1 heterocycles. The standard InChI is InChI=1S/C30H28N6O/c1-2-36(25-19-11-17-21-12-9-10-18-24(21)25)29-27(31)28(32-20-33-29)34-35-30(37)26(22-13-5-3-6-14-22)23-15-7-4-8-16-23/h3-20,26H,2,31H2,1H3,(H,35,37)(H,32,33,34). The average molecular weight is 489 g/mol. The minimum Gasteiger partial charge on any atom is -0.393 e. The predicted octanol–water partition coefficient (Wildman–Crippen LogP) is 5.65. The molecule has 5 aromatic rings. The molecular formula is C30H28N6O. The third kappa shape index (κ3) is 4.92. The van der Waals surface area contributed by atoms with Gasteiger partial charge < -0.3 is 10.6 Å². The van der Waals surface area contributed by atoms with Crippen LogP contribution in [0, 0.1) is 0 Å². The number of carbonyl (C=O) groups is 1. The topological polar surface area (TPSA) is 96.2 Å². The number of anilines is 4. The van der Waals surface area contributed by atoms with E-state index in [2.05, 4.69) is 39.0 Å². The van der Waals surface area contributed by atoms with Crippen LogP contribution in [0.1, 0.15) is 24.0 Å². The number of carbonyl (C=O) groups excluding carboxylic acids is 1. The van der Waals surface area contributed by atoms with Crippen LogP contribution in [0.2, 0.25) is 0 Å². The fourth-order valence-electron chi connectivity index (χ4n) is 4.56. The summed E-state index contributed by atoms with van der Waals surface area (Å²) in [6.45, 7) is 2.69. The van der Waals surface area contributed by atoms with E-state index in [1.807, 2.05) is 96.8 Å². The minimum atomic E-state index is -0.500. The molecule has 0 fully saturated rings. The van der Waals surface area contributed by atoms with Gasteiger partial charge in [-0.15, -0.1) is 0 Å². The van der Waals surface area contributed by atoms with E-state index in [1.54, 1.807) is 0 Å². The van der Waals surface area contributed by atoms with Crippen LogP contribution in [0.4, 0.5) is 23.0 Å². The number of hydrogen-bond donors (Lipinski definition) is 3. The van der Waals surface area contributed by atoms with Crippen molar-refractivity contribution in [2.45, 2.75) is 12.8 Å². The molecule has 37 heavy (non-hydrogen) atoms. The van der Waals surface area contributed by atoms with E-state index in [4.69, 9.17) is 5.73 Å². The van der Waals surface area contributed by atoms with Gasteiger partial charge in [-0.05, 0) is 29.5 Å². The van der Waals surface area contributed by atoms with Gasteiger partial charge in [0.15, 0.2) is 11.6 Å². The predicted molar refractivity (Wildman–Crippen MR) is 150 cm³/mol. The van der Waals surface area contributed by atoms with Gasteiger partial charge in [0.2, 0.25) is 5.91 Å². The summed E-state index contributed by atoms with van der Waals surface area (Å²) in [5, 5.41) is 2.23. The Balaban J connectivity index is 1.42. The minimum absolute atomic E-state index is 0.224. The van der Waals surface area contributed by atoms with Crippen LogP contribution in [-0.2, 0) is 4.79 Å². The third-order valence-electron chi connectivity index (χ3n) is 6.32. The first kappa shape index (κ1) is 23.8. The van der Waals surface area contributed by atoms with Crippen LogP contribution in [0.25, 0.3) is 10.8 Å². The van der Waals surface area contributed by atoms with Crippen LogP contribution in [0.5, 0.6) is 0 Å². The van der Waals surface area contributed by atoms with Crippen molar-refractivity contribution in [1.29, 1.82) is 0 Å². The number of nitrogen functional groups attached to an aromatic ring is 1. The molecule has 0 saturated carbocycles. The summed E-state index contributed by atoms with van der Waals surface area (Å²) in [6, 6.07) is 33.7. The maximum atomic E-state index is 13.4. The van der Waals surface area contributed by atoms with Gasteiger partial charge in [0.25, 0.3) is 0 Å². The summed E-state index contributed by atoms with van der Waals surface area (Å²) in [5.41, 5.74) is 15.4. The van der Waals surface area contributed by atoms with Gasteiger partial charge >= 0.3 is 0 Å². The summed E-state index contributed by atoms with van der Waals surface area (Å²) in [5.74, 6) is 0.170. The van der Waals surface area contributed by atoms with Crippen LogP contribution in [-0.4, -0.2) is 22.4 Å². The number of nitrogens with zero attached hydrogens (tertiary/aromatic N) is 3. The lowest BCUT2D eigenvalue weighted by Gasteiger charge is -2.26. The number of nitrogens with one attached hydrogen (secondary N) is 2. The Morgan fingerprint density at radius 2 is 1.46 bits per heavy atom. The van der Waals surface area contributed by atoms with Crippen molar-refractivity contribution in [3.63, 3.8) is 0 Å². The second-order valence-corrected chi connectivity index (χ2v) is 8.57. The van der Waals surface area contributed by atoms with Crippen molar-refractivity contribution < 1.29 is 4.79 Å². The number of fused-ring (bicyclic) bond motifs is 1. The Morgan fingerprint density at radius 3 is 2.14 bits per heavy atom. The monoisotopic (exact) mass is 488 g/mol. The van der Waals surface area contributed by atoms with Gasteiger partial charge in [-0.2, -0.15) is 0 Å². The summed E-state index contributed by atoms with van der Waals surface area (Å²) < 4.78 is 0. The van der Waals surface area contributed by atoms with Crippen LogP contribution in [0.15, 0.2) is 109 Å². The van der Waals surface area contributed by atoms with E-state index >= 15 is 0 Å². The molecule has 0 aliphatic heterocycles. The highest BCUT2D eigenvalue weighted by atomic mass is 16.2. The van der Waals surface area contributed by atoms with Crippen LogP contribution >= 0.6 is 0 Å². The van der Waals surface area contributed by atoms with Crippen molar-refractivity contribution in [3.05, 3.63) is 121 Å².